The Morgan fingerprint density at radius 2 is 1.68 bits per heavy atom. The second kappa shape index (κ2) is 8.83. The minimum Gasteiger partial charge on any atom is -0.465 e. The average Bonchev–Trinajstić information content (AvgIpc) is 3.15. The van der Waals surface area contributed by atoms with Crippen molar-refractivity contribution >= 4 is 22.8 Å². The number of aromatic nitrogens is 2. The number of methoxy groups -OCH3 is 1. The minimum absolute atomic E-state index is 0.0648. The number of rotatable bonds is 3. The number of esters is 2. The van der Waals surface area contributed by atoms with Crippen LogP contribution in [0.5, 0.6) is 0 Å². The standard InChI is InChI=1S/C22H18N2O2.C3H4O2/c1-24-20(22(25)26-2)12-18-19(13-23-14-21(18)24)17-10-6-9-16(11-17)15-7-4-3-5-8-15;4-3-1-2-5-3/h3-14H,1-2H3;1-2H2. The molecule has 0 radical (unpaired) electrons. The molecule has 0 unspecified atom stereocenters. The normalized spacial score (nSPS) is 12.4. The first kappa shape index (κ1) is 20.3. The summed E-state index contributed by atoms with van der Waals surface area (Å²) in [6.45, 7) is 0.638. The Kier molecular flexibility index (Phi) is 5.80. The van der Waals surface area contributed by atoms with Gasteiger partial charge in [0, 0.05) is 24.2 Å². The van der Waals surface area contributed by atoms with Crippen LogP contribution in [0.2, 0.25) is 0 Å². The number of fused-ring (bicyclic) bond motifs is 1. The van der Waals surface area contributed by atoms with Crippen LogP contribution in [0.4, 0.5) is 0 Å². The van der Waals surface area contributed by atoms with Crippen molar-refractivity contribution in [3.63, 3.8) is 0 Å². The topological polar surface area (TPSA) is 70.4 Å². The molecule has 0 spiro atoms. The van der Waals surface area contributed by atoms with Crippen LogP contribution in [0.1, 0.15) is 16.9 Å². The zero-order valence-electron chi connectivity index (χ0n) is 17.4. The summed E-state index contributed by atoms with van der Waals surface area (Å²) in [4.78, 5) is 26.1. The van der Waals surface area contributed by atoms with Crippen LogP contribution in [-0.4, -0.2) is 35.2 Å². The van der Waals surface area contributed by atoms with Crippen LogP contribution in [0.3, 0.4) is 0 Å². The Labute approximate surface area is 180 Å². The quantitative estimate of drug-likeness (QED) is 0.457. The Morgan fingerprint density at radius 1 is 1.00 bits per heavy atom. The van der Waals surface area contributed by atoms with Gasteiger partial charge in [-0.05, 0) is 28.8 Å². The maximum atomic E-state index is 12.0. The van der Waals surface area contributed by atoms with Crippen LogP contribution in [-0.2, 0) is 21.3 Å². The van der Waals surface area contributed by atoms with Crippen molar-refractivity contribution in [2.45, 2.75) is 6.42 Å². The first-order chi connectivity index (χ1) is 15.1. The number of aryl methyl sites for hydroxylation is 1. The summed E-state index contributed by atoms with van der Waals surface area (Å²) >= 11 is 0. The molecule has 0 saturated carbocycles. The predicted molar refractivity (Wildman–Crippen MR) is 119 cm³/mol. The zero-order chi connectivity index (χ0) is 21.8. The second-order valence-corrected chi connectivity index (χ2v) is 7.12. The molecule has 1 saturated heterocycles. The first-order valence-electron chi connectivity index (χ1n) is 9.91. The summed E-state index contributed by atoms with van der Waals surface area (Å²) < 4.78 is 11.0. The number of ether oxygens (including phenoxy) is 2. The van der Waals surface area contributed by atoms with E-state index in [0.717, 1.165) is 33.2 Å². The molecule has 5 rings (SSSR count). The summed E-state index contributed by atoms with van der Waals surface area (Å²) in [5.41, 5.74) is 5.77. The number of hydrogen-bond donors (Lipinski definition) is 0. The number of cyclic esters (lactones) is 1. The van der Waals surface area contributed by atoms with Crippen LogP contribution < -0.4 is 0 Å². The van der Waals surface area contributed by atoms with E-state index in [0.29, 0.717) is 18.7 Å². The number of hydrogen-bond acceptors (Lipinski definition) is 5. The lowest BCUT2D eigenvalue weighted by molar-refractivity contribution is -0.157. The summed E-state index contributed by atoms with van der Waals surface area (Å²) in [6, 6.07) is 20.5. The lowest BCUT2D eigenvalue weighted by atomic mass is 9.98. The van der Waals surface area contributed by atoms with E-state index in [1.54, 1.807) is 6.20 Å². The van der Waals surface area contributed by atoms with Gasteiger partial charge in [-0.15, -0.1) is 0 Å². The van der Waals surface area contributed by atoms with Crippen molar-refractivity contribution in [1.82, 2.24) is 9.55 Å². The lowest BCUT2D eigenvalue weighted by Gasteiger charge is -2.09. The van der Waals surface area contributed by atoms with Gasteiger partial charge in [0.1, 0.15) is 12.3 Å². The van der Waals surface area contributed by atoms with E-state index in [-0.39, 0.29) is 11.9 Å². The van der Waals surface area contributed by atoms with Gasteiger partial charge in [-0.1, -0.05) is 48.5 Å². The fourth-order valence-corrected chi connectivity index (χ4v) is 3.45. The van der Waals surface area contributed by atoms with Gasteiger partial charge in [-0.3, -0.25) is 9.78 Å². The molecule has 1 aliphatic rings. The molecule has 0 bridgehead atoms. The van der Waals surface area contributed by atoms with Gasteiger partial charge in [-0.25, -0.2) is 4.79 Å². The van der Waals surface area contributed by atoms with E-state index in [9.17, 15) is 9.59 Å². The van der Waals surface area contributed by atoms with Crippen molar-refractivity contribution in [2.75, 3.05) is 13.7 Å². The largest absolute Gasteiger partial charge is 0.465 e. The molecule has 0 amide bonds. The summed E-state index contributed by atoms with van der Waals surface area (Å²) in [5, 5.41) is 0.980. The van der Waals surface area contributed by atoms with E-state index in [1.165, 1.54) is 7.11 Å². The third-order valence-corrected chi connectivity index (χ3v) is 5.21. The van der Waals surface area contributed by atoms with E-state index < -0.39 is 0 Å². The van der Waals surface area contributed by atoms with Gasteiger partial charge in [0.25, 0.3) is 0 Å². The van der Waals surface area contributed by atoms with Crippen molar-refractivity contribution in [1.29, 1.82) is 0 Å². The molecular formula is C25H22N2O4. The monoisotopic (exact) mass is 414 g/mol. The van der Waals surface area contributed by atoms with Crippen LogP contribution >= 0.6 is 0 Å². The molecule has 156 valence electrons. The van der Waals surface area contributed by atoms with E-state index in [1.807, 2.05) is 48.1 Å². The second-order valence-electron chi connectivity index (χ2n) is 7.12. The Bertz CT molecular complexity index is 1240. The molecule has 4 aromatic rings. The van der Waals surface area contributed by atoms with E-state index in [4.69, 9.17) is 4.74 Å². The predicted octanol–water partition coefficient (Wildman–Crippen LogP) is 4.63. The van der Waals surface area contributed by atoms with E-state index >= 15 is 0 Å². The number of pyridine rings is 1. The molecule has 0 atom stereocenters. The number of carbonyl (C=O) groups is 2. The molecule has 2 aromatic carbocycles. The zero-order valence-corrected chi connectivity index (χ0v) is 17.4. The molecule has 0 N–H and O–H groups in total. The van der Waals surface area contributed by atoms with Crippen molar-refractivity contribution in [3.05, 3.63) is 78.8 Å². The van der Waals surface area contributed by atoms with Gasteiger partial charge in [0.15, 0.2) is 0 Å². The highest BCUT2D eigenvalue weighted by molar-refractivity contribution is 6.01. The van der Waals surface area contributed by atoms with Crippen LogP contribution in [0, 0.1) is 0 Å². The molecule has 31 heavy (non-hydrogen) atoms. The molecule has 3 heterocycles. The Balaban J connectivity index is 0.000000407. The average molecular weight is 414 g/mol. The third kappa shape index (κ3) is 4.19. The third-order valence-electron chi connectivity index (χ3n) is 5.21. The molecule has 1 fully saturated rings. The van der Waals surface area contributed by atoms with Gasteiger partial charge in [-0.2, -0.15) is 0 Å². The lowest BCUT2D eigenvalue weighted by Crippen LogP contribution is -2.18. The van der Waals surface area contributed by atoms with Gasteiger partial charge >= 0.3 is 11.9 Å². The molecular weight excluding hydrogens is 392 g/mol. The smallest absolute Gasteiger partial charge is 0.354 e. The summed E-state index contributed by atoms with van der Waals surface area (Å²) in [6.07, 6.45) is 4.24. The minimum atomic E-state index is -0.354. The fraction of sp³-hybridized carbons (Fsp3) is 0.160. The highest BCUT2D eigenvalue weighted by Gasteiger charge is 2.17. The molecule has 6 nitrogen and oxygen atoms in total. The maximum Gasteiger partial charge on any atom is 0.354 e. The summed E-state index contributed by atoms with van der Waals surface area (Å²) in [7, 11) is 3.24. The van der Waals surface area contributed by atoms with Gasteiger partial charge in [0.2, 0.25) is 0 Å². The number of nitrogens with zero attached hydrogens (tertiary/aromatic N) is 2. The van der Waals surface area contributed by atoms with Crippen molar-refractivity contribution in [3.8, 4) is 22.3 Å². The molecule has 2 aromatic heterocycles. The highest BCUT2D eigenvalue weighted by atomic mass is 16.6. The maximum absolute atomic E-state index is 12.0. The first-order valence-corrected chi connectivity index (χ1v) is 9.91. The van der Waals surface area contributed by atoms with Gasteiger partial charge in [0.05, 0.1) is 25.2 Å². The Morgan fingerprint density at radius 3 is 2.32 bits per heavy atom. The van der Waals surface area contributed by atoms with E-state index in [2.05, 4.69) is 40.1 Å². The summed E-state index contributed by atoms with van der Waals surface area (Å²) in [5.74, 6) is -0.419. The van der Waals surface area contributed by atoms with Gasteiger partial charge < -0.3 is 14.0 Å². The Hall–Kier alpha value is -3.93. The molecule has 0 aliphatic carbocycles. The SMILES string of the molecule is COC(=O)c1cc2c(-c3cccc(-c4ccccc4)c3)cncc2n1C.O=C1CCO1. The molecule has 6 heteroatoms. The van der Waals surface area contributed by atoms with Crippen LogP contribution in [0.25, 0.3) is 33.2 Å². The molecule has 1 aliphatic heterocycles. The van der Waals surface area contributed by atoms with Crippen molar-refractivity contribution in [2.24, 2.45) is 7.05 Å². The highest BCUT2D eigenvalue weighted by Crippen LogP contribution is 2.32. The van der Waals surface area contributed by atoms with Crippen LogP contribution in [0.15, 0.2) is 73.1 Å². The fourth-order valence-electron chi connectivity index (χ4n) is 3.45. The number of carbonyl (C=O) groups excluding carboxylic acids is 2. The van der Waals surface area contributed by atoms with Crippen molar-refractivity contribution < 1.29 is 19.1 Å². The number of benzene rings is 2.